The molecule has 0 aliphatic carbocycles. The van der Waals surface area contributed by atoms with Crippen molar-refractivity contribution in [1.29, 1.82) is 0 Å². The number of hydrogen-bond donors (Lipinski definition) is 0. The van der Waals surface area contributed by atoms with Crippen LogP contribution in [0.3, 0.4) is 0 Å². The first-order valence-electron chi connectivity index (χ1n) is 10.9. The molecule has 1 heterocycles. The molecule has 0 bridgehead atoms. The van der Waals surface area contributed by atoms with Crippen molar-refractivity contribution in [3.63, 3.8) is 0 Å². The number of carbonyl (C=O) groups is 1. The molecule has 5 heteroatoms. The van der Waals surface area contributed by atoms with Crippen LogP contribution in [0, 0.1) is 0 Å². The maximum absolute atomic E-state index is 13.9. The third kappa shape index (κ3) is 4.84. The summed E-state index contributed by atoms with van der Waals surface area (Å²) in [5, 5.41) is 0.675. The summed E-state index contributed by atoms with van der Waals surface area (Å²) in [4.78, 5) is 22.4. The summed E-state index contributed by atoms with van der Waals surface area (Å²) in [6.45, 7) is 0.449. The van der Waals surface area contributed by atoms with Crippen molar-refractivity contribution in [2.24, 2.45) is 4.99 Å². The molecule has 1 amide bonds. The second-order valence-corrected chi connectivity index (χ2v) is 9.30. The van der Waals surface area contributed by atoms with E-state index in [0.29, 0.717) is 23.1 Å². The predicted octanol–water partition coefficient (Wildman–Crippen LogP) is 7.29. The molecule has 1 aliphatic rings. The molecule has 0 N–H and O–H groups in total. The van der Waals surface area contributed by atoms with E-state index in [9.17, 15) is 4.79 Å². The minimum absolute atomic E-state index is 0.108. The molecule has 4 aromatic carbocycles. The third-order valence-electron chi connectivity index (χ3n) is 5.42. The molecule has 4 aromatic rings. The Morgan fingerprint density at radius 3 is 2.00 bits per heavy atom. The van der Waals surface area contributed by atoms with E-state index >= 15 is 0 Å². The lowest BCUT2D eigenvalue weighted by molar-refractivity contribution is -0.123. The molecule has 0 spiro atoms. The number of thioether (sulfide) groups is 1. The zero-order valence-corrected chi connectivity index (χ0v) is 19.8. The number of rotatable bonds is 6. The summed E-state index contributed by atoms with van der Waals surface area (Å²) in [6, 6.07) is 37.4. The van der Waals surface area contributed by atoms with Crippen molar-refractivity contribution in [2.45, 2.75) is 11.4 Å². The summed E-state index contributed by atoms with van der Waals surface area (Å²) in [5.41, 5.74) is 3.35. The van der Waals surface area contributed by atoms with Gasteiger partial charge in [-0.2, -0.15) is 0 Å². The largest absolute Gasteiger partial charge is 0.286 e. The van der Waals surface area contributed by atoms with E-state index in [1.165, 1.54) is 11.8 Å². The Labute approximate surface area is 208 Å². The number of halogens is 1. The van der Waals surface area contributed by atoms with Gasteiger partial charge in [-0.3, -0.25) is 9.69 Å². The van der Waals surface area contributed by atoms with E-state index in [4.69, 9.17) is 16.6 Å². The molecule has 0 saturated carbocycles. The quantitative estimate of drug-likeness (QED) is 0.214. The highest BCUT2D eigenvalue weighted by Crippen LogP contribution is 2.40. The third-order valence-corrected chi connectivity index (χ3v) is 6.81. The average molecular weight is 481 g/mol. The van der Waals surface area contributed by atoms with Crippen LogP contribution in [0.15, 0.2) is 131 Å². The molecule has 166 valence electrons. The van der Waals surface area contributed by atoms with Gasteiger partial charge in [0.2, 0.25) is 0 Å². The van der Waals surface area contributed by atoms with E-state index in [2.05, 4.69) is 0 Å². The molecule has 0 saturated heterocycles. The van der Waals surface area contributed by atoms with Gasteiger partial charge in [0, 0.05) is 15.5 Å². The van der Waals surface area contributed by atoms with Crippen LogP contribution in [0.4, 0.5) is 0 Å². The molecular weight excluding hydrogens is 460 g/mol. The Morgan fingerprint density at radius 1 is 0.765 bits per heavy atom. The standard InChI is InChI=1S/C29H21ClN2OS/c30-24-16-18-25(19-17-24)34-27(22-12-6-2-7-13-22)26-29(33)32(20-21-10-4-1-5-11-21)28(31-26)23-14-8-3-9-15-23/h1-19H,20H2/b27-26-. The maximum atomic E-state index is 13.9. The topological polar surface area (TPSA) is 32.7 Å². The van der Waals surface area contributed by atoms with Crippen LogP contribution in [-0.4, -0.2) is 16.6 Å². The number of nitrogens with zero attached hydrogens (tertiary/aromatic N) is 2. The first-order chi connectivity index (χ1) is 16.7. The SMILES string of the molecule is O=C1/C(=C(/Sc2ccc(Cl)cc2)c2ccccc2)N=C(c2ccccc2)N1Cc1ccccc1. The lowest BCUT2D eigenvalue weighted by atomic mass is 10.1. The number of amidine groups is 1. The molecular formula is C29H21ClN2OS. The molecule has 3 nitrogen and oxygen atoms in total. The van der Waals surface area contributed by atoms with Crippen molar-refractivity contribution >= 4 is 40.0 Å². The number of aliphatic imine (C=N–C) groups is 1. The first kappa shape index (κ1) is 22.2. The number of benzene rings is 4. The van der Waals surface area contributed by atoms with Crippen molar-refractivity contribution in [2.75, 3.05) is 0 Å². The van der Waals surface area contributed by atoms with Gasteiger partial charge in [-0.25, -0.2) is 4.99 Å². The van der Waals surface area contributed by atoms with E-state index in [-0.39, 0.29) is 5.91 Å². The Morgan fingerprint density at radius 2 is 1.35 bits per heavy atom. The van der Waals surface area contributed by atoms with Gasteiger partial charge in [-0.15, -0.1) is 0 Å². The summed E-state index contributed by atoms with van der Waals surface area (Å²) in [7, 11) is 0. The fourth-order valence-corrected chi connectivity index (χ4v) is 4.88. The zero-order chi connectivity index (χ0) is 23.3. The predicted molar refractivity (Wildman–Crippen MR) is 141 cm³/mol. The van der Waals surface area contributed by atoms with E-state index in [1.807, 2.05) is 115 Å². The van der Waals surface area contributed by atoms with E-state index in [1.54, 1.807) is 4.90 Å². The van der Waals surface area contributed by atoms with Crippen LogP contribution in [-0.2, 0) is 11.3 Å². The number of amides is 1. The number of hydrogen-bond acceptors (Lipinski definition) is 3. The van der Waals surface area contributed by atoms with Gasteiger partial charge in [-0.1, -0.05) is 114 Å². The lowest BCUT2D eigenvalue weighted by Crippen LogP contribution is -2.32. The van der Waals surface area contributed by atoms with E-state index < -0.39 is 0 Å². The van der Waals surface area contributed by atoms with Crippen molar-refractivity contribution in [3.8, 4) is 0 Å². The molecule has 0 fully saturated rings. The lowest BCUT2D eigenvalue weighted by Gasteiger charge is -2.19. The summed E-state index contributed by atoms with van der Waals surface area (Å²) >= 11 is 7.62. The first-order valence-corrected chi connectivity index (χ1v) is 12.1. The highest BCUT2D eigenvalue weighted by Gasteiger charge is 2.34. The molecule has 34 heavy (non-hydrogen) atoms. The highest BCUT2D eigenvalue weighted by atomic mass is 35.5. The smallest absolute Gasteiger partial charge is 0.279 e. The van der Waals surface area contributed by atoms with Gasteiger partial charge in [-0.05, 0) is 35.4 Å². The van der Waals surface area contributed by atoms with E-state index in [0.717, 1.165) is 26.5 Å². The van der Waals surface area contributed by atoms with Crippen LogP contribution in [0.1, 0.15) is 16.7 Å². The Bertz CT molecular complexity index is 1350. The van der Waals surface area contributed by atoms with Gasteiger partial charge in [0.25, 0.3) is 5.91 Å². The molecule has 1 aliphatic heterocycles. The van der Waals surface area contributed by atoms with Crippen molar-refractivity contribution < 1.29 is 4.79 Å². The zero-order valence-electron chi connectivity index (χ0n) is 18.3. The van der Waals surface area contributed by atoms with Gasteiger partial charge in [0.15, 0.2) is 0 Å². The van der Waals surface area contributed by atoms with Crippen molar-refractivity contribution in [3.05, 3.63) is 143 Å². The Balaban J connectivity index is 1.64. The highest BCUT2D eigenvalue weighted by molar-refractivity contribution is 8.08. The van der Waals surface area contributed by atoms with Gasteiger partial charge < -0.3 is 0 Å². The van der Waals surface area contributed by atoms with Gasteiger partial charge in [0.1, 0.15) is 11.5 Å². The molecule has 0 unspecified atom stereocenters. The summed E-state index contributed by atoms with van der Waals surface area (Å²) < 4.78 is 0. The maximum Gasteiger partial charge on any atom is 0.279 e. The van der Waals surface area contributed by atoms with Crippen LogP contribution >= 0.6 is 23.4 Å². The van der Waals surface area contributed by atoms with Crippen LogP contribution in [0.25, 0.3) is 4.91 Å². The second kappa shape index (κ2) is 10.1. The fourth-order valence-electron chi connectivity index (χ4n) is 3.76. The number of carbonyl (C=O) groups excluding carboxylic acids is 1. The fraction of sp³-hybridized carbons (Fsp3) is 0.0345. The summed E-state index contributed by atoms with van der Waals surface area (Å²) in [5.74, 6) is 0.553. The van der Waals surface area contributed by atoms with Crippen LogP contribution in [0.2, 0.25) is 5.02 Å². The molecule has 0 radical (unpaired) electrons. The summed E-state index contributed by atoms with van der Waals surface area (Å²) in [6.07, 6.45) is 0. The minimum atomic E-state index is -0.108. The molecule has 5 rings (SSSR count). The minimum Gasteiger partial charge on any atom is -0.286 e. The second-order valence-electron chi connectivity index (χ2n) is 7.78. The average Bonchev–Trinajstić information content (AvgIpc) is 3.21. The molecule has 0 aromatic heterocycles. The Hall–Kier alpha value is -3.60. The monoisotopic (exact) mass is 480 g/mol. The Kier molecular flexibility index (Phi) is 6.61. The van der Waals surface area contributed by atoms with Crippen LogP contribution in [0.5, 0.6) is 0 Å². The van der Waals surface area contributed by atoms with Crippen molar-refractivity contribution in [1.82, 2.24) is 4.90 Å². The van der Waals surface area contributed by atoms with Crippen LogP contribution < -0.4 is 0 Å². The normalized spacial score (nSPS) is 14.8. The van der Waals surface area contributed by atoms with Gasteiger partial charge in [0.05, 0.1) is 11.4 Å². The molecule has 0 atom stereocenters. The van der Waals surface area contributed by atoms with Gasteiger partial charge >= 0.3 is 0 Å².